The van der Waals surface area contributed by atoms with Crippen molar-refractivity contribution < 1.29 is 43.7 Å². The number of aromatic nitrogens is 1. The van der Waals surface area contributed by atoms with E-state index in [1.54, 1.807) is 29.2 Å². The van der Waals surface area contributed by atoms with Crippen LogP contribution in [0.2, 0.25) is 0 Å². The maximum absolute atomic E-state index is 15.1. The van der Waals surface area contributed by atoms with Gasteiger partial charge in [0.2, 0.25) is 5.79 Å². The molecule has 2 aliphatic carbocycles. The molecule has 0 radical (unpaired) electrons. The van der Waals surface area contributed by atoms with Crippen molar-refractivity contribution in [2.24, 2.45) is 22.9 Å². The Hall–Kier alpha value is -6.87. The minimum atomic E-state index is -1.55. The van der Waals surface area contributed by atoms with Gasteiger partial charge in [-0.2, -0.15) is 0 Å². The number of non-ortho nitro benzene ring substituents is 1. The molecule has 0 unspecified atom stereocenters. The number of fused-ring (bicyclic) bond motifs is 3. The number of carbonyl (C=O) groups is 1. The molecule has 0 spiro atoms. The summed E-state index contributed by atoms with van der Waals surface area (Å²) in [5.74, 6) is -1.25. The summed E-state index contributed by atoms with van der Waals surface area (Å²) in [5, 5.41) is 38.5. The van der Waals surface area contributed by atoms with Gasteiger partial charge in [0.05, 0.1) is 42.0 Å². The third kappa shape index (κ3) is 11.5. The molecule has 14 nitrogen and oxygen atoms in total. The second kappa shape index (κ2) is 23.8. The van der Waals surface area contributed by atoms with Crippen molar-refractivity contribution in [1.29, 1.82) is 0 Å². The van der Waals surface area contributed by atoms with Gasteiger partial charge in [-0.05, 0) is 121 Å². The van der Waals surface area contributed by atoms with E-state index in [1.807, 2.05) is 79.7 Å². The molecule has 71 heavy (non-hydrogen) atoms. The molecular weight excluding hydrogens is 901 g/mol. The Kier molecular flexibility index (Phi) is 17.0. The van der Waals surface area contributed by atoms with E-state index in [0.29, 0.717) is 42.0 Å². The zero-order valence-corrected chi connectivity index (χ0v) is 40.4. The van der Waals surface area contributed by atoms with Gasteiger partial charge in [-0.25, -0.2) is 4.79 Å². The number of nitro groups is 1. The van der Waals surface area contributed by atoms with Crippen molar-refractivity contribution in [1.82, 2.24) is 9.88 Å². The normalized spacial score (nSPS) is 21.5. The number of benzene rings is 4. The highest BCUT2D eigenvalue weighted by atomic mass is 16.7. The lowest BCUT2D eigenvalue weighted by atomic mass is 9.55. The molecular formula is C57H64N4O10. The van der Waals surface area contributed by atoms with E-state index in [2.05, 4.69) is 30.3 Å². The average Bonchev–Trinajstić information content (AvgIpc) is 3.38. The predicted molar refractivity (Wildman–Crippen MR) is 272 cm³/mol. The number of aliphatic hydroxyl groups excluding tert-OH is 2. The minimum absolute atomic E-state index is 0.00677. The Labute approximate surface area is 415 Å². The maximum atomic E-state index is 15.1. The summed E-state index contributed by atoms with van der Waals surface area (Å²) in [4.78, 5) is 38.7. The number of hydrogen-bond donors (Lipinski definition) is 2. The Morgan fingerprint density at radius 1 is 0.944 bits per heavy atom. The average molecular weight is 965 g/mol. The molecule has 5 aromatic rings. The van der Waals surface area contributed by atoms with Crippen molar-refractivity contribution in [2.45, 2.75) is 95.8 Å². The first-order valence-corrected chi connectivity index (χ1v) is 24.7. The fourth-order valence-electron chi connectivity index (χ4n) is 10.7. The zero-order valence-electron chi connectivity index (χ0n) is 40.4. The third-order valence-corrected chi connectivity index (χ3v) is 13.9. The number of hydrogen-bond acceptors (Lipinski definition) is 12. The lowest BCUT2D eigenvalue weighted by Gasteiger charge is -2.60. The van der Waals surface area contributed by atoms with Gasteiger partial charge in [0.1, 0.15) is 30.8 Å². The number of carbonyl (C=O) groups excluding carboxylic acids is 1. The first-order valence-electron chi connectivity index (χ1n) is 24.7. The highest BCUT2D eigenvalue weighted by Crippen LogP contribution is 2.62. The summed E-state index contributed by atoms with van der Waals surface area (Å²) >= 11 is 0. The number of aryl methyl sites for hydroxylation is 1. The number of ether oxygens (including phenoxy) is 4. The van der Waals surface area contributed by atoms with E-state index in [9.17, 15) is 20.3 Å². The molecule has 4 aromatic carbocycles. The second-order valence-corrected chi connectivity index (χ2v) is 18.5. The van der Waals surface area contributed by atoms with Crippen LogP contribution in [0.5, 0.6) is 11.5 Å². The summed E-state index contributed by atoms with van der Waals surface area (Å²) in [6.45, 7) is 10.6. The lowest BCUT2D eigenvalue weighted by Crippen LogP contribution is -2.70. The first kappa shape index (κ1) is 50.5. The number of rotatable bonds is 24. The van der Waals surface area contributed by atoms with Gasteiger partial charge in [0, 0.05) is 48.9 Å². The number of allylic oxidation sites excluding steroid dienone is 1. The minimum Gasteiger partial charge on any atom is -0.487 e. The number of oxime groups is 1. The number of aliphatic hydroxyl groups is 2. The lowest BCUT2D eigenvalue weighted by molar-refractivity contribution is -0.384. The molecule has 8 rings (SSSR count). The molecule has 1 fully saturated rings. The fourth-order valence-corrected chi connectivity index (χ4v) is 10.7. The standard InChI is InChI=1S/C57H64N4O10/c1-4-6-32-67-56(64)60(36-43-19-14-18-41-16-7-8-21-47(41)43)53-35-51(59-70-37-40-23-25-45(26-24-40)61(65)66)49-33-42(17-9-11-29-62)48(22-10-12-30-63)54-50-34-46(68-38-44-20-13-15-39(3)58-44)27-28-52(50)71-57(53,55(49)54)69-31-5-2/h4-5,7-8,13-16,18-21,23-28,33-34,42,48,53-55,62-63H,1-2,6,9-12,17,22,29-32,35-38H2,3H3/t42-,48+,53-,54+,55+,57+/m0/s1. The van der Waals surface area contributed by atoms with Crippen LogP contribution in [0.3, 0.4) is 0 Å². The van der Waals surface area contributed by atoms with E-state index in [0.717, 1.165) is 64.5 Å². The van der Waals surface area contributed by atoms with Crippen LogP contribution in [-0.4, -0.2) is 75.1 Å². The van der Waals surface area contributed by atoms with Crippen LogP contribution < -0.4 is 9.47 Å². The van der Waals surface area contributed by atoms with Crippen molar-refractivity contribution in [3.05, 3.63) is 178 Å². The molecule has 0 saturated heterocycles. The van der Waals surface area contributed by atoms with Crippen LogP contribution in [0.4, 0.5) is 10.5 Å². The van der Waals surface area contributed by atoms with Crippen molar-refractivity contribution in [3.63, 3.8) is 0 Å². The largest absolute Gasteiger partial charge is 0.487 e. The van der Waals surface area contributed by atoms with Crippen molar-refractivity contribution in [2.75, 3.05) is 26.4 Å². The highest BCUT2D eigenvalue weighted by molar-refractivity contribution is 6.03. The molecule has 0 bridgehead atoms. The van der Waals surface area contributed by atoms with E-state index in [4.69, 9.17) is 28.9 Å². The Morgan fingerprint density at radius 2 is 1.72 bits per heavy atom. The fraction of sp³-hybridized carbons (Fsp3) is 0.386. The first-order chi connectivity index (χ1) is 34.7. The smallest absolute Gasteiger partial charge is 0.410 e. The van der Waals surface area contributed by atoms with E-state index in [-0.39, 0.29) is 76.0 Å². The molecule has 1 amide bonds. The summed E-state index contributed by atoms with van der Waals surface area (Å²) in [6.07, 6.45) is 9.98. The highest BCUT2D eigenvalue weighted by Gasteiger charge is 2.65. The number of nitrogens with zero attached hydrogens (tertiary/aromatic N) is 4. The van der Waals surface area contributed by atoms with Crippen LogP contribution in [0.25, 0.3) is 10.8 Å². The topological polar surface area (TPSA) is 175 Å². The quantitative estimate of drug-likeness (QED) is 0.0260. The van der Waals surface area contributed by atoms with Gasteiger partial charge in [-0.1, -0.05) is 84.8 Å². The number of pyridine rings is 1. The molecule has 14 heteroatoms. The maximum Gasteiger partial charge on any atom is 0.410 e. The van der Waals surface area contributed by atoms with E-state index in [1.165, 1.54) is 12.1 Å². The third-order valence-electron chi connectivity index (χ3n) is 13.9. The number of nitro benzene ring substituents is 1. The van der Waals surface area contributed by atoms with Gasteiger partial charge < -0.3 is 34.0 Å². The van der Waals surface area contributed by atoms with E-state index >= 15 is 4.79 Å². The van der Waals surface area contributed by atoms with Crippen LogP contribution in [0.15, 0.2) is 145 Å². The number of amides is 1. The van der Waals surface area contributed by atoms with Crippen LogP contribution in [0.1, 0.15) is 85.4 Å². The Balaban J connectivity index is 1.33. The molecule has 372 valence electrons. The molecule has 2 N–H and O–H groups in total. The molecule has 1 aliphatic heterocycles. The molecule has 1 aromatic heterocycles. The van der Waals surface area contributed by atoms with Gasteiger partial charge in [-0.3, -0.25) is 20.0 Å². The van der Waals surface area contributed by atoms with Crippen LogP contribution >= 0.6 is 0 Å². The summed E-state index contributed by atoms with van der Waals surface area (Å²) < 4.78 is 27.3. The summed E-state index contributed by atoms with van der Waals surface area (Å²) in [6, 6.07) is 31.1. The van der Waals surface area contributed by atoms with Crippen molar-refractivity contribution >= 4 is 28.3 Å². The van der Waals surface area contributed by atoms with E-state index < -0.39 is 28.8 Å². The Bertz CT molecular complexity index is 2720. The van der Waals surface area contributed by atoms with Crippen molar-refractivity contribution in [3.8, 4) is 11.5 Å². The molecule has 1 saturated carbocycles. The zero-order chi connectivity index (χ0) is 49.7. The molecule has 6 atom stereocenters. The van der Waals surface area contributed by atoms with Crippen LogP contribution in [-0.2, 0) is 34.1 Å². The van der Waals surface area contributed by atoms with Gasteiger partial charge in [0.15, 0.2) is 0 Å². The second-order valence-electron chi connectivity index (χ2n) is 18.5. The number of unbranched alkanes of at least 4 members (excludes halogenated alkanes) is 2. The Morgan fingerprint density at radius 3 is 2.48 bits per heavy atom. The van der Waals surface area contributed by atoms with Gasteiger partial charge in [-0.15, -0.1) is 13.2 Å². The van der Waals surface area contributed by atoms with Crippen LogP contribution in [0, 0.1) is 34.8 Å². The SMILES string of the molecule is C=CCCOC(=O)N(Cc1cccc2ccccc12)[C@H]1CC(=NOCc2ccc([N+](=O)[O-])cc2)C2=C[C@H](CCCCO)[C@@H](CCCCO)[C@@H]3c4cc(OCc5cccc(C)n5)ccc4O[C@@]1(OCC=C)[C@H]23. The summed E-state index contributed by atoms with van der Waals surface area (Å²) in [5.41, 5.74) is 5.59. The monoisotopic (exact) mass is 964 g/mol. The van der Waals surface area contributed by atoms with Gasteiger partial charge >= 0.3 is 6.09 Å². The molecule has 3 aliphatic rings. The predicted octanol–water partition coefficient (Wildman–Crippen LogP) is 11.1. The van der Waals surface area contributed by atoms with Gasteiger partial charge in [0.25, 0.3) is 5.69 Å². The molecule has 2 heterocycles. The summed E-state index contributed by atoms with van der Waals surface area (Å²) in [7, 11) is 0.